The molecule has 1 aromatic heterocycles. The highest BCUT2D eigenvalue weighted by atomic mass is 16.5. The van der Waals surface area contributed by atoms with Gasteiger partial charge in [0.1, 0.15) is 17.2 Å². The van der Waals surface area contributed by atoms with Crippen molar-refractivity contribution < 1.29 is 29.0 Å². The average molecular weight is 456 g/mol. The van der Waals surface area contributed by atoms with Crippen LogP contribution in [0.1, 0.15) is 38.9 Å². The Morgan fingerprint density at radius 1 is 1.15 bits per heavy atom. The first-order chi connectivity index (χ1) is 15.6. The van der Waals surface area contributed by atoms with Gasteiger partial charge in [-0.05, 0) is 51.2 Å². The molecular formula is C24H29N3O6. The molecule has 33 heavy (non-hydrogen) atoms. The number of methoxy groups -OCH3 is 2. The molecule has 1 aromatic carbocycles. The van der Waals surface area contributed by atoms with Gasteiger partial charge in [-0.15, -0.1) is 0 Å². The third-order valence-electron chi connectivity index (χ3n) is 5.82. The highest BCUT2D eigenvalue weighted by Crippen LogP contribution is 2.41. The summed E-state index contributed by atoms with van der Waals surface area (Å²) in [7, 11) is 6.56. The third-order valence-corrected chi connectivity index (χ3v) is 5.82. The highest BCUT2D eigenvalue weighted by molar-refractivity contribution is 6.46. The number of benzene rings is 1. The van der Waals surface area contributed by atoms with Crippen molar-refractivity contribution >= 4 is 23.4 Å². The van der Waals surface area contributed by atoms with Crippen molar-refractivity contribution in [3.8, 4) is 5.75 Å². The van der Waals surface area contributed by atoms with Gasteiger partial charge in [0.2, 0.25) is 0 Å². The van der Waals surface area contributed by atoms with Gasteiger partial charge in [0.15, 0.2) is 0 Å². The summed E-state index contributed by atoms with van der Waals surface area (Å²) in [6.45, 7) is 4.16. The number of carbonyl (C=O) groups is 3. The Balaban J connectivity index is 2.21. The van der Waals surface area contributed by atoms with Crippen molar-refractivity contribution in [3.63, 3.8) is 0 Å². The Labute approximate surface area is 192 Å². The Bertz CT molecular complexity index is 1110. The second-order valence-electron chi connectivity index (χ2n) is 8.19. The minimum atomic E-state index is -0.786. The number of esters is 1. The van der Waals surface area contributed by atoms with Gasteiger partial charge >= 0.3 is 5.97 Å². The number of nitrogens with zero attached hydrogens (tertiary/aromatic N) is 2. The van der Waals surface area contributed by atoms with E-state index in [1.165, 1.54) is 12.0 Å². The molecule has 1 fully saturated rings. The number of aromatic nitrogens is 1. The first-order valence-electron chi connectivity index (χ1n) is 10.5. The average Bonchev–Trinajstić information content (AvgIpc) is 3.23. The zero-order chi connectivity index (χ0) is 24.4. The summed E-state index contributed by atoms with van der Waals surface area (Å²) < 4.78 is 10.0. The van der Waals surface area contributed by atoms with E-state index in [0.717, 1.165) is 0 Å². The number of hydrogen-bond donors (Lipinski definition) is 2. The van der Waals surface area contributed by atoms with Gasteiger partial charge in [-0.3, -0.25) is 9.59 Å². The monoisotopic (exact) mass is 455 g/mol. The molecular weight excluding hydrogens is 426 g/mol. The number of carbonyl (C=O) groups excluding carboxylic acids is 3. The Morgan fingerprint density at radius 2 is 1.79 bits per heavy atom. The molecule has 1 aliphatic rings. The lowest BCUT2D eigenvalue weighted by Gasteiger charge is -2.26. The van der Waals surface area contributed by atoms with Crippen LogP contribution in [-0.4, -0.2) is 79.0 Å². The molecule has 1 saturated heterocycles. The molecule has 1 amide bonds. The molecule has 2 aromatic rings. The van der Waals surface area contributed by atoms with Crippen LogP contribution in [0.3, 0.4) is 0 Å². The first-order valence-corrected chi connectivity index (χ1v) is 10.5. The predicted octanol–water partition coefficient (Wildman–Crippen LogP) is 2.41. The zero-order valence-electron chi connectivity index (χ0n) is 19.7. The number of aliphatic hydroxyl groups is 1. The number of amides is 1. The number of nitrogens with one attached hydrogen (secondary N) is 1. The van der Waals surface area contributed by atoms with E-state index in [0.29, 0.717) is 41.2 Å². The number of hydrogen-bond acceptors (Lipinski definition) is 7. The smallest absolute Gasteiger partial charge is 0.354 e. The second kappa shape index (κ2) is 9.50. The molecule has 0 radical (unpaired) electrons. The fourth-order valence-corrected chi connectivity index (χ4v) is 4.10. The molecule has 9 nitrogen and oxygen atoms in total. The van der Waals surface area contributed by atoms with Gasteiger partial charge in [-0.2, -0.15) is 0 Å². The number of ether oxygens (including phenoxy) is 2. The quantitative estimate of drug-likeness (QED) is 0.285. The number of aryl methyl sites for hydroxylation is 1. The maximum Gasteiger partial charge on any atom is 0.354 e. The van der Waals surface area contributed by atoms with Gasteiger partial charge < -0.3 is 29.4 Å². The fourth-order valence-electron chi connectivity index (χ4n) is 4.10. The summed E-state index contributed by atoms with van der Waals surface area (Å²) in [5, 5.41) is 11.3. The number of Topliss-reactive ketones (excluding diaryl/α,β-unsaturated/α-hetero) is 1. The number of rotatable bonds is 7. The van der Waals surface area contributed by atoms with Crippen LogP contribution in [-0.2, 0) is 14.3 Å². The molecule has 2 heterocycles. The molecule has 176 valence electrons. The summed E-state index contributed by atoms with van der Waals surface area (Å²) in [5.41, 5.74) is 2.04. The van der Waals surface area contributed by atoms with E-state index < -0.39 is 23.7 Å². The number of aromatic amines is 1. The maximum absolute atomic E-state index is 13.2. The minimum absolute atomic E-state index is 0.0226. The standard InChI is InChI=1S/C24H29N3O6/c1-13-17(14(2)25-19(13)24(31)33-6)21(28)18-20(15-7-9-16(32-5)10-8-15)27(12-11-26(3)4)23(30)22(18)29/h7-10,20,25,28H,11-12H2,1-6H3/t20-/m1/s1. The summed E-state index contributed by atoms with van der Waals surface area (Å²) in [5.74, 6) is -1.75. The molecule has 1 atom stereocenters. The van der Waals surface area contributed by atoms with Crippen LogP contribution in [0.15, 0.2) is 29.8 Å². The van der Waals surface area contributed by atoms with Crippen molar-refractivity contribution in [2.45, 2.75) is 19.9 Å². The van der Waals surface area contributed by atoms with Gasteiger partial charge in [0.05, 0.1) is 25.8 Å². The molecule has 2 N–H and O–H groups in total. The summed E-state index contributed by atoms with van der Waals surface area (Å²) >= 11 is 0. The molecule has 0 bridgehead atoms. The SMILES string of the molecule is COC(=O)c1[nH]c(C)c(C(O)=C2C(=O)C(=O)N(CCN(C)C)[C@@H]2c2ccc(OC)cc2)c1C. The fraction of sp³-hybridized carbons (Fsp3) is 0.375. The molecule has 0 saturated carbocycles. The van der Waals surface area contributed by atoms with Crippen molar-refractivity contribution in [1.82, 2.24) is 14.8 Å². The zero-order valence-corrected chi connectivity index (χ0v) is 19.7. The number of likely N-dealkylation sites (N-methyl/N-ethyl adjacent to an activating group) is 1. The van der Waals surface area contributed by atoms with E-state index in [1.807, 2.05) is 19.0 Å². The lowest BCUT2D eigenvalue weighted by Crippen LogP contribution is -2.35. The molecule has 0 unspecified atom stereocenters. The van der Waals surface area contributed by atoms with Crippen molar-refractivity contribution in [3.05, 3.63) is 57.9 Å². The molecule has 0 spiro atoms. The van der Waals surface area contributed by atoms with Crippen molar-refractivity contribution in [1.29, 1.82) is 0 Å². The number of aliphatic hydroxyl groups excluding tert-OH is 1. The van der Waals surface area contributed by atoms with Crippen LogP contribution in [0, 0.1) is 13.8 Å². The summed E-state index contributed by atoms with van der Waals surface area (Å²) in [6, 6.07) is 6.23. The van der Waals surface area contributed by atoms with Crippen LogP contribution in [0.2, 0.25) is 0 Å². The lowest BCUT2D eigenvalue weighted by molar-refractivity contribution is -0.140. The van der Waals surface area contributed by atoms with E-state index in [9.17, 15) is 19.5 Å². The topological polar surface area (TPSA) is 112 Å². The maximum atomic E-state index is 13.2. The van der Waals surface area contributed by atoms with E-state index in [4.69, 9.17) is 9.47 Å². The summed E-state index contributed by atoms with van der Waals surface area (Å²) in [4.78, 5) is 44.6. The third kappa shape index (κ3) is 4.36. The van der Waals surface area contributed by atoms with Crippen LogP contribution in [0.4, 0.5) is 0 Å². The van der Waals surface area contributed by atoms with E-state index in [2.05, 4.69) is 4.98 Å². The molecule has 0 aliphatic carbocycles. The van der Waals surface area contributed by atoms with Gasteiger partial charge in [-0.1, -0.05) is 12.1 Å². The Kier molecular flexibility index (Phi) is 6.92. The minimum Gasteiger partial charge on any atom is -0.507 e. The molecule has 3 rings (SSSR count). The lowest BCUT2D eigenvalue weighted by atomic mass is 9.94. The van der Waals surface area contributed by atoms with Crippen molar-refractivity contribution in [2.24, 2.45) is 0 Å². The number of ketones is 1. The van der Waals surface area contributed by atoms with E-state index in [-0.39, 0.29) is 17.0 Å². The molecule has 1 aliphatic heterocycles. The van der Waals surface area contributed by atoms with Gasteiger partial charge in [0, 0.05) is 24.3 Å². The highest BCUT2D eigenvalue weighted by Gasteiger charge is 2.46. The van der Waals surface area contributed by atoms with Crippen LogP contribution in [0.5, 0.6) is 5.75 Å². The second-order valence-corrected chi connectivity index (χ2v) is 8.19. The van der Waals surface area contributed by atoms with Crippen LogP contribution < -0.4 is 4.74 Å². The first kappa shape index (κ1) is 24.1. The van der Waals surface area contributed by atoms with Crippen molar-refractivity contribution in [2.75, 3.05) is 41.4 Å². The number of H-pyrrole nitrogens is 1. The van der Waals surface area contributed by atoms with Gasteiger partial charge in [0.25, 0.3) is 11.7 Å². The van der Waals surface area contributed by atoms with Crippen LogP contribution >= 0.6 is 0 Å². The normalized spacial score (nSPS) is 17.7. The number of likely N-dealkylation sites (tertiary alicyclic amines) is 1. The summed E-state index contributed by atoms with van der Waals surface area (Å²) in [6.07, 6.45) is 0. The Hall–Kier alpha value is -3.59. The van der Waals surface area contributed by atoms with Crippen LogP contribution in [0.25, 0.3) is 5.76 Å². The molecule has 9 heteroatoms. The van der Waals surface area contributed by atoms with Gasteiger partial charge in [-0.25, -0.2) is 4.79 Å². The Morgan fingerprint density at radius 3 is 2.33 bits per heavy atom. The largest absolute Gasteiger partial charge is 0.507 e. The predicted molar refractivity (Wildman–Crippen MR) is 122 cm³/mol. The van der Waals surface area contributed by atoms with E-state index >= 15 is 0 Å². The van der Waals surface area contributed by atoms with E-state index in [1.54, 1.807) is 45.2 Å².